The number of hydrogen-bond acceptors (Lipinski definition) is 4. The standard InChI is InChI=1S/C21H21ClN4O/c1-14-6-7-18(10-15(14)2)26-20-13-24-19(12-25-20)21(27)23-9-8-16-4-3-5-17(22)11-16/h3-7,10-13H,8-9H2,1-2H3,(H,23,27)(H,25,26). The number of hydrogen-bond donors (Lipinski definition) is 2. The van der Waals surface area contributed by atoms with Gasteiger partial charge in [0.1, 0.15) is 11.5 Å². The van der Waals surface area contributed by atoms with Gasteiger partial charge in [-0.15, -0.1) is 0 Å². The van der Waals surface area contributed by atoms with Crippen LogP contribution in [0.1, 0.15) is 27.2 Å². The van der Waals surface area contributed by atoms with E-state index in [0.29, 0.717) is 23.8 Å². The van der Waals surface area contributed by atoms with E-state index in [9.17, 15) is 4.79 Å². The molecule has 0 bridgehead atoms. The van der Waals surface area contributed by atoms with E-state index in [4.69, 9.17) is 11.6 Å². The molecule has 1 amide bonds. The van der Waals surface area contributed by atoms with Crippen molar-refractivity contribution in [3.05, 3.63) is 82.3 Å². The lowest BCUT2D eigenvalue weighted by molar-refractivity contribution is 0.0949. The Morgan fingerprint density at radius 1 is 1.04 bits per heavy atom. The second-order valence-corrected chi connectivity index (χ2v) is 6.78. The van der Waals surface area contributed by atoms with Crippen molar-refractivity contribution in [2.24, 2.45) is 0 Å². The second kappa shape index (κ2) is 8.64. The van der Waals surface area contributed by atoms with Crippen molar-refractivity contribution in [2.45, 2.75) is 20.3 Å². The molecule has 138 valence electrons. The Bertz CT molecular complexity index is 941. The summed E-state index contributed by atoms with van der Waals surface area (Å²) in [6.45, 7) is 4.63. The molecule has 5 nitrogen and oxygen atoms in total. The minimum absolute atomic E-state index is 0.248. The highest BCUT2D eigenvalue weighted by molar-refractivity contribution is 6.30. The number of rotatable bonds is 6. The van der Waals surface area contributed by atoms with Crippen LogP contribution in [0.3, 0.4) is 0 Å². The Morgan fingerprint density at radius 3 is 2.59 bits per heavy atom. The largest absolute Gasteiger partial charge is 0.350 e. The summed E-state index contributed by atoms with van der Waals surface area (Å²) < 4.78 is 0. The third kappa shape index (κ3) is 5.28. The van der Waals surface area contributed by atoms with Crippen LogP contribution >= 0.6 is 11.6 Å². The smallest absolute Gasteiger partial charge is 0.271 e. The number of carbonyl (C=O) groups excluding carboxylic acids is 1. The summed E-state index contributed by atoms with van der Waals surface area (Å²) in [4.78, 5) is 20.7. The third-order valence-electron chi connectivity index (χ3n) is 4.25. The van der Waals surface area contributed by atoms with E-state index >= 15 is 0 Å². The van der Waals surface area contributed by atoms with Crippen molar-refractivity contribution < 1.29 is 4.79 Å². The van der Waals surface area contributed by atoms with E-state index in [2.05, 4.69) is 34.4 Å². The maximum Gasteiger partial charge on any atom is 0.271 e. The Hall–Kier alpha value is -2.92. The van der Waals surface area contributed by atoms with Crippen LogP contribution in [-0.2, 0) is 6.42 Å². The average molecular weight is 381 g/mol. The minimum atomic E-state index is -0.248. The predicted molar refractivity (Wildman–Crippen MR) is 109 cm³/mol. The molecule has 6 heteroatoms. The molecule has 0 radical (unpaired) electrons. The molecule has 27 heavy (non-hydrogen) atoms. The van der Waals surface area contributed by atoms with Gasteiger partial charge in [-0.25, -0.2) is 9.97 Å². The van der Waals surface area contributed by atoms with Crippen molar-refractivity contribution >= 4 is 29.0 Å². The maximum absolute atomic E-state index is 12.2. The summed E-state index contributed by atoms with van der Waals surface area (Å²) in [5.41, 5.74) is 4.72. The molecule has 1 aromatic heterocycles. The quantitative estimate of drug-likeness (QED) is 0.662. The van der Waals surface area contributed by atoms with Crippen LogP contribution in [0, 0.1) is 13.8 Å². The summed E-state index contributed by atoms with van der Waals surface area (Å²) in [7, 11) is 0. The van der Waals surface area contributed by atoms with Crippen molar-refractivity contribution in [1.29, 1.82) is 0 Å². The first-order valence-electron chi connectivity index (χ1n) is 8.70. The minimum Gasteiger partial charge on any atom is -0.350 e. The summed E-state index contributed by atoms with van der Waals surface area (Å²) in [6, 6.07) is 13.7. The van der Waals surface area contributed by atoms with Gasteiger partial charge in [-0.1, -0.05) is 29.8 Å². The first-order valence-corrected chi connectivity index (χ1v) is 9.08. The maximum atomic E-state index is 12.2. The highest BCUT2D eigenvalue weighted by Gasteiger charge is 2.08. The normalized spacial score (nSPS) is 10.5. The molecular weight excluding hydrogens is 360 g/mol. The molecule has 0 spiro atoms. The number of nitrogens with one attached hydrogen (secondary N) is 2. The number of aromatic nitrogens is 2. The average Bonchev–Trinajstić information content (AvgIpc) is 2.65. The Kier molecular flexibility index (Phi) is 6.04. The van der Waals surface area contributed by atoms with E-state index < -0.39 is 0 Å². The topological polar surface area (TPSA) is 66.9 Å². The molecule has 0 saturated heterocycles. The van der Waals surface area contributed by atoms with Crippen molar-refractivity contribution in [1.82, 2.24) is 15.3 Å². The number of halogens is 1. The van der Waals surface area contributed by atoms with Gasteiger partial charge in [-0.2, -0.15) is 0 Å². The van der Waals surface area contributed by atoms with Gasteiger partial charge in [0.25, 0.3) is 5.91 Å². The third-order valence-corrected chi connectivity index (χ3v) is 4.49. The molecule has 2 aromatic carbocycles. The first kappa shape index (κ1) is 18.9. The molecule has 0 aliphatic rings. The fraction of sp³-hybridized carbons (Fsp3) is 0.190. The van der Waals surface area contributed by atoms with E-state index in [0.717, 1.165) is 11.3 Å². The van der Waals surface area contributed by atoms with Crippen LogP contribution in [0.2, 0.25) is 5.02 Å². The van der Waals surface area contributed by atoms with Gasteiger partial charge in [0.05, 0.1) is 12.4 Å². The van der Waals surface area contributed by atoms with E-state index in [-0.39, 0.29) is 11.6 Å². The predicted octanol–water partition coefficient (Wildman–Crippen LogP) is 4.46. The molecule has 1 heterocycles. The molecule has 3 aromatic rings. The number of anilines is 2. The van der Waals surface area contributed by atoms with Crippen LogP contribution in [0.25, 0.3) is 0 Å². The van der Waals surface area contributed by atoms with Gasteiger partial charge in [0.2, 0.25) is 0 Å². The van der Waals surface area contributed by atoms with E-state index in [1.54, 1.807) is 6.20 Å². The molecule has 2 N–H and O–H groups in total. The van der Waals surface area contributed by atoms with Crippen LogP contribution in [0.15, 0.2) is 54.9 Å². The Morgan fingerprint density at radius 2 is 1.89 bits per heavy atom. The highest BCUT2D eigenvalue weighted by Crippen LogP contribution is 2.17. The Balaban J connectivity index is 1.54. The van der Waals surface area contributed by atoms with Crippen molar-refractivity contribution in [3.8, 4) is 0 Å². The number of nitrogens with zero attached hydrogens (tertiary/aromatic N) is 2. The number of benzene rings is 2. The summed E-state index contributed by atoms with van der Waals surface area (Å²) in [6.07, 6.45) is 3.73. The number of carbonyl (C=O) groups is 1. The second-order valence-electron chi connectivity index (χ2n) is 6.35. The summed E-state index contributed by atoms with van der Waals surface area (Å²) >= 11 is 5.96. The van der Waals surface area contributed by atoms with E-state index in [1.165, 1.54) is 17.3 Å². The molecule has 0 aliphatic carbocycles. The molecule has 0 atom stereocenters. The zero-order chi connectivity index (χ0) is 19.2. The molecule has 0 saturated carbocycles. The van der Waals surface area contributed by atoms with Gasteiger partial charge in [0.15, 0.2) is 0 Å². The number of amides is 1. The first-order chi connectivity index (χ1) is 13.0. The van der Waals surface area contributed by atoms with Gasteiger partial charge in [-0.3, -0.25) is 4.79 Å². The SMILES string of the molecule is Cc1ccc(Nc2cnc(C(=O)NCCc3cccc(Cl)c3)cn2)cc1C. The van der Waals surface area contributed by atoms with Crippen LogP contribution in [0.5, 0.6) is 0 Å². The molecule has 0 aliphatic heterocycles. The van der Waals surface area contributed by atoms with Gasteiger partial charge in [0, 0.05) is 17.3 Å². The molecule has 0 fully saturated rings. The lowest BCUT2D eigenvalue weighted by Gasteiger charge is -2.09. The molecular formula is C21H21ClN4O. The monoisotopic (exact) mass is 380 g/mol. The van der Waals surface area contributed by atoms with Gasteiger partial charge in [-0.05, 0) is 61.2 Å². The van der Waals surface area contributed by atoms with E-state index in [1.807, 2.05) is 42.5 Å². The highest BCUT2D eigenvalue weighted by atomic mass is 35.5. The molecule has 0 unspecified atom stereocenters. The fourth-order valence-electron chi connectivity index (χ4n) is 2.58. The zero-order valence-corrected chi connectivity index (χ0v) is 16.0. The van der Waals surface area contributed by atoms with Crippen LogP contribution in [-0.4, -0.2) is 22.4 Å². The van der Waals surface area contributed by atoms with Crippen molar-refractivity contribution in [3.63, 3.8) is 0 Å². The number of aryl methyl sites for hydroxylation is 2. The lowest BCUT2D eigenvalue weighted by Crippen LogP contribution is -2.26. The fourth-order valence-corrected chi connectivity index (χ4v) is 2.79. The lowest BCUT2D eigenvalue weighted by atomic mass is 10.1. The van der Waals surface area contributed by atoms with Gasteiger partial charge >= 0.3 is 0 Å². The molecule has 3 rings (SSSR count). The summed E-state index contributed by atoms with van der Waals surface area (Å²) in [5.74, 6) is 0.344. The summed E-state index contributed by atoms with van der Waals surface area (Å²) in [5, 5.41) is 6.73. The van der Waals surface area contributed by atoms with Crippen LogP contribution < -0.4 is 10.6 Å². The Labute approximate surface area is 163 Å². The van der Waals surface area contributed by atoms with Crippen molar-refractivity contribution in [2.75, 3.05) is 11.9 Å². The zero-order valence-electron chi connectivity index (χ0n) is 15.3. The van der Waals surface area contributed by atoms with Gasteiger partial charge < -0.3 is 10.6 Å². The van der Waals surface area contributed by atoms with Crippen LogP contribution in [0.4, 0.5) is 11.5 Å².